The number of benzene rings is 1. The fourth-order valence-corrected chi connectivity index (χ4v) is 4.11. The lowest BCUT2D eigenvalue weighted by molar-refractivity contribution is 0.0704. The van der Waals surface area contributed by atoms with Gasteiger partial charge in [-0.15, -0.1) is 0 Å². The normalized spacial score (nSPS) is 16.5. The number of aryl methyl sites for hydroxylation is 1. The SMILES string of the molecule is Cc1cnc(C2CCN(C(=O)c3ccc4ccccc4n3)CC2)n1C(C)CO. The molecule has 1 amide bonds. The maximum atomic E-state index is 12.9. The molecular weight excluding hydrogens is 352 g/mol. The molecule has 1 aromatic carbocycles. The van der Waals surface area contributed by atoms with Crippen molar-refractivity contribution in [2.24, 2.45) is 0 Å². The molecule has 2 aromatic heterocycles. The van der Waals surface area contributed by atoms with Crippen molar-refractivity contribution in [1.29, 1.82) is 0 Å². The van der Waals surface area contributed by atoms with Crippen molar-refractivity contribution >= 4 is 16.8 Å². The Bertz CT molecular complexity index is 989. The number of aliphatic hydroxyl groups excluding tert-OH is 1. The van der Waals surface area contributed by atoms with E-state index in [0.29, 0.717) is 24.7 Å². The first kappa shape index (κ1) is 18.6. The Kier molecular flexibility index (Phi) is 5.13. The number of piperidine rings is 1. The van der Waals surface area contributed by atoms with E-state index in [1.807, 2.05) is 61.3 Å². The van der Waals surface area contributed by atoms with Gasteiger partial charge in [-0.3, -0.25) is 4.79 Å². The number of rotatable bonds is 4. The third-order valence-corrected chi connectivity index (χ3v) is 5.68. The van der Waals surface area contributed by atoms with Crippen LogP contribution in [0.15, 0.2) is 42.6 Å². The zero-order valence-corrected chi connectivity index (χ0v) is 16.4. The molecular formula is C22H26N4O2. The van der Waals surface area contributed by atoms with Crippen LogP contribution in [0.1, 0.15) is 53.7 Å². The van der Waals surface area contributed by atoms with Crippen molar-refractivity contribution < 1.29 is 9.90 Å². The minimum Gasteiger partial charge on any atom is -0.394 e. The molecule has 6 nitrogen and oxygen atoms in total. The van der Waals surface area contributed by atoms with Gasteiger partial charge >= 0.3 is 0 Å². The van der Waals surface area contributed by atoms with Crippen LogP contribution in [0.25, 0.3) is 10.9 Å². The van der Waals surface area contributed by atoms with Gasteiger partial charge in [0.25, 0.3) is 5.91 Å². The van der Waals surface area contributed by atoms with E-state index >= 15 is 0 Å². The van der Waals surface area contributed by atoms with Crippen LogP contribution in [0.4, 0.5) is 0 Å². The van der Waals surface area contributed by atoms with E-state index < -0.39 is 0 Å². The Morgan fingerprint density at radius 3 is 2.71 bits per heavy atom. The smallest absolute Gasteiger partial charge is 0.272 e. The molecule has 28 heavy (non-hydrogen) atoms. The van der Waals surface area contributed by atoms with Crippen molar-refractivity contribution in [3.8, 4) is 0 Å². The van der Waals surface area contributed by atoms with Gasteiger partial charge in [-0.2, -0.15) is 0 Å². The van der Waals surface area contributed by atoms with Crippen molar-refractivity contribution in [2.45, 2.75) is 38.6 Å². The number of hydrogen-bond donors (Lipinski definition) is 1. The first-order valence-electron chi connectivity index (χ1n) is 9.88. The molecule has 0 bridgehead atoms. The zero-order chi connectivity index (χ0) is 19.7. The van der Waals surface area contributed by atoms with Gasteiger partial charge in [-0.05, 0) is 38.8 Å². The van der Waals surface area contributed by atoms with Crippen LogP contribution in [-0.2, 0) is 0 Å². The van der Waals surface area contributed by atoms with Crippen LogP contribution in [0.2, 0.25) is 0 Å². The minimum atomic E-state index is -0.00699. The third kappa shape index (κ3) is 3.40. The lowest BCUT2D eigenvalue weighted by Crippen LogP contribution is -2.39. The Balaban J connectivity index is 1.47. The summed E-state index contributed by atoms with van der Waals surface area (Å²) in [5, 5.41) is 10.6. The highest BCUT2D eigenvalue weighted by Gasteiger charge is 2.29. The van der Waals surface area contributed by atoms with Crippen LogP contribution in [0.3, 0.4) is 0 Å². The lowest BCUT2D eigenvalue weighted by Gasteiger charge is -2.32. The van der Waals surface area contributed by atoms with Crippen LogP contribution in [0, 0.1) is 6.92 Å². The van der Waals surface area contributed by atoms with Crippen LogP contribution >= 0.6 is 0 Å². The van der Waals surface area contributed by atoms with Gasteiger partial charge in [-0.1, -0.05) is 24.3 Å². The Hall–Kier alpha value is -2.73. The fraction of sp³-hybridized carbons (Fsp3) is 0.409. The summed E-state index contributed by atoms with van der Waals surface area (Å²) in [6.07, 6.45) is 3.61. The molecule has 1 fully saturated rings. The minimum absolute atomic E-state index is 0.00699. The summed E-state index contributed by atoms with van der Waals surface area (Å²) >= 11 is 0. The number of aromatic nitrogens is 3. The average Bonchev–Trinajstić information content (AvgIpc) is 3.13. The van der Waals surface area contributed by atoms with Gasteiger partial charge in [0.2, 0.25) is 0 Å². The highest BCUT2D eigenvalue weighted by atomic mass is 16.3. The second kappa shape index (κ2) is 7.72. The third-order valence-electron chi connectivity index (χ3n) is 5.68. The van der Waals surface area contributed by atoms with E-state index in [1.54, 1.807) is 0 Å². The van der Waals surface area contributed by atoms with Gasteiger partial charge in [-0.25, -0.2) is 9.97 Å². The van der Waals surface area contributed by atoms with Gasteiger partial charge in [0.15, 0.2) is 0 Å². The summed E-state index contributed by atoms with van der Waals surface area (Å²) < 4.78 is 2.13. The molecule has 3 heterocycles. The van der Waals surface area contributed by atoms with E-state index in [2.05, 4.69) is 14.5 Å². The second-order valence-electron chi connectivity index (χ2n) is 7.62. The van der Waals surface area contributed by atoms with Crippen molar-refractivity contribution in [2.75, 3.05) is 19.7 Å². The molecule has 1 aliphatic heterocycles. The molecule has 1 atom stereocenters. The molecule has 0 radical (unpaired) electrons. The number of para-hydroxylation sites is 1. The number of pyridine rings is 1. The molecule has 3 aromatic rings. The predicted molar refractivity (Wildman–Crippen MR) is 108 cm³/mol. The second-order valence-corrected chi connectivity index (χ2v) is 7.62. The molecule has 0 saturated carbocycles. The van der Waals surface area contributed by atoms with Gasteiger partial charge in [0.05, 0.1) is 18.2 Å². The van der Waals surface area contributed by atoms with E-state index in [4.69, 9.17) is 0 Å². The first-order chi connectivity index (χ1) is 13.6. The molecule has 1 unspecified atom stereocenters. The average molecular weight is 378 g/mol. The Morgan fingerprint density at radius 1 is 1.21 bits per heavy atom. The summed E-state index contributed by atoms with van der Waals surface area (Å²) in [4.78, 5) is 24.0. The summed E-state index contributed by atoms with van der Waals surface area (Å²) in [5.74, 6) is 1.32. The Morgan fingerprint density at radius 2 is 1.96 bits per heavy atom. The van der Waals surface area contributed by atoms with Crippen LogP contribution in [-0.4, -0.2) is 50.1 Å². The molecule has 0 aliphatic carbocycles. The number of carbonyl (C=O) groups excluding carboxylic acids is 1. The van der Waals surface area contributed by atoms with E-state index in [1.165, 1.54) is 0 Å². The molecule has 6 heteroatoms. The first-order valence-corrected chi connectivity index (χ1v) is 9.88. The molecule has 1 aliphatic rings. The highest BCUT2D eigenvalue weighted by molar-refractivity contribution is 5.95. The van der Waals surface area contributed by atoms with Crippen LogP contribution in [0.5, 0.6) is 0 Å². The number of imidazole rings is 1. The number of amides is 1. The van der Waals surface area contributed by atoms with E-state index in [0.717, 1.165) is 35.3 Å². The van der Waals surface area contributed by atoms with E-state index in [9.17, 15) is 9.90 Å². The topological polar surface area (TPSA) is 71.2 Å². The van der Waals surface area contributed by atoms with Crippen molar-refractivity contribution in [1.82, 2.24) is 19.4 Å². The van der Waals surface area contributed by atoms with Gasteiger partial charge in [0.1, 0.15) is 11.5 Å². The molecule has 1 saturated heterocycles. The summed E-state index contributed by atoms with van der Waals surface area (Å²) in [6.45, 7) is 5.50. The maximum Gasteiger partial charge on any atom is 0.272 e. The van der Waals surface area contributed by atoms with E-state index in [-0.39, 0.29) is 18.6 Å². The number of carbonyl (C=O) groups is 1. The van der Waals surface area contributed by atoms with Crippen LogP contribution < -0.4 is 0 Å². The van der Waals surface area contributed by atoms with Gasteiger partial charge in [0, 0.05) is 36.3 Å². The fourth-order valence-electron chi connectivity index (χ4n) is 4.11. The number of hydrogen-bond acceptors (Lipinski definition) is 4. The number of nitrogens with zero attached hydrogens (tertiary/aromatic N) is 4. The van der Waals surface area contributed by atoms with Crippen molar-refractivity contribution in [3.05, 3.63) is 59.8 Å². The van der Waals surface area contributed by atoms with Crippen molar-refractivity contribution in [3.63, 3.8) is 0 Å². The summed E-state index contributed by atoms with van der Waals surface area (Å²) in [5.41, 5.74) is 2.41. The molecule has 1 N–H and O–H groups in total. The highest BCUT2D eigenvalue weighted by Crippen LogP contribution is 2.30. The predicted octanol–water partition coefficient (Wildman–Crippen LogP) is 3.31. The molecule has 0 spiro atoms. The number of aliphatic hydroxyl groups is 1. The number of fused-ring (bicyclic) bond motifs is 1. The zero-order valence-electron chi connectivity index (χ0n) is 16.4. The monoisotopic (exact) mass is 378 g/mol. The summed E-state index contributed by atoms with van der Waals surface area (Å²) in [7, 11) is 0. The summed E-state index contributed by atoms with van der Waals surface area (Å²) in [6, 6.07) is 11.6. The lowest BCUT2D eigenvalue weighted by atomic mass is 9.95. The molecule has 146 valence electrons. The quantitative estimate of drug-likeness (QED) is 0.756. The number of likely N-dealkylation sites (tertiary alicyclic amines) is 1. The largest absolute Gasteiger partial charge is 0.394 e. The molecule has 4 rings (SSSR count). The van der Waals surface area contributed by atoms with Gasteiger partial charge < -0.3 is 14.6 Å². The Labute approximate surface area is 164 Å². The maximum absolute atomic E-state index is 12.9. The standard InChI is InChI=1S/C22H26N4O2/c1-15-13-23-21(26(15)16(2)14-27)18-9-11-25(12-10-18)22(28)20-8-7-17-5-3-4-6-19(17)24-20/h3-8,13,16,18,27H,9-12,14H2,1-2H3.